The average Bonchev–Trinajstić information content (AvgIpc) is 2.47. The zero-order chi connectivity index (χ0) is 15.4. The van der Waals surface area contributed by atoms with Gasteiger partial charge in [-0.2, -0.15) is 0 Å². The minimum Gasteiger partial charge on any atom is -0.497 e. The molecule has 2 aromatic rings. The third-order valence-electron chi connectivity index (χ3n) is 2.61. The van der Waals surface area contributed by atoms with Crippen molar-refractivity contribution in [1.82, 2.24) is 4.98 Å². The number of benzene rings is 1. The first-order chi connectivity index (χ1) is 9.99. The smallest absolute Gasteiger partial charge is 0.337 e. The van der Waals surface area contributed by atoms with E-state index in [9.17, 15) is 9.59 Å². The van der Waals surface area contributed by atoms with Crippen LogP contribution in [0.3, 0.4) is 0 Å². The van der Waals surface area contributed by atoms with E-state index in [1.54, 1.807) is 6.07 Å². The number of carbonyl (C=O) groups is 2. The average molecular weight is 288 g/mol. The van der Waals surface area contributed by atoms with E-state index in [-0.39, 0.29) is 17.0 Å². The van der Waals surface area contributed by atoms with Gasteiger partial charge in [0.25, 0.3) is 0 Å². The van der Waals surface area contributed by atoms with E-state index in [1.807, 2.05) is 0 Å². The lowest BCUT2D eigenvalue weighted by Gasteiger charge is -2.08. The lowest BCUT2D eigenvalue weighted by atomic mass is 10.2. The molecule has 1 aromatic heterocycles. The summed E-state index contributed by atoms with van der Waals surface area (Å²) in [6, 6.07) is 7.25. The molecular formula is C14H12N2O5. The molecule has 0 aliphatic heterocycles. The summed E-state index contributed by atoms with van der Waals surface area (Å²) in [7, 11) is 1.45. The normalized spacial score (nSPS) is 9.95. The van der Waals surface area contributed by atoms with E-state index >= 15 is 0 Å². The number of methoxy groups -OCH3 is 1. The van der Waals surface area contributed by atoms with Crippen LogP contribution in [0.25, 0.3) is 0 Å². The van der Waals surface area contributed by atoms with Gasteiger partial charge in [0.1, 0.15) is 11.5 Å². The van der Waals surface area contributed by atoms with Crippen molar-refractivity contribution in [3.63, 3.8) is 0 Å². The molecule has 7 nitrogen and oxygen atoms in total. The Kier molecular flexibility index (Phi) is 4.03. The van der Waals surface area contributed by atoms with E-state index in [4.69, 9.17) is 20.3 Å². The molecule has 0 aliphatic carbocycles. The Morgan fingerprint density at radius 2 is 1.86 bits per heavy atom. The monoisotopic (exact) mass is 288 g/mol. The molecule has 0 radical (unpaired) electrons. The second-order valence-electron chi connectivity index (χ2n) is 4.05. The Bertz CT molecular complexity index is 682. The van der Waals surface area contributed by atoms with Gasteiger partial charge in [-0.1, -0.05) is 0 Å². The Labute approximate surface area is 119 Å². The zero-order valence-electron chi connectivity index (χ0n) is 11.1. The fourth-order valence-electron chi connectivity index (χ4n) is 1.58. The minimum atomic E-state index is -1.08. The Balaban J connectivity index is 2.28. The van der Waals surface area contributed by atoms with Gasteiger partial charge < -0.3 is 20.3 Å². The second-order valence-corrected chi connectivity index (χ2v) is 4.05. The number of pyridine rings is 1. The number of ether oxygens (including phenoxy) is 2. The van der Waals surface area contributed by atoms with Gasteiger partial charge in [-0.25, -0.2) is 9.78 Å². The number of aromatic nitrogens is 1. The van der Waals surface area contributed by atoms with Crippen LogP contribution in [0, 0.1) is 0 Å². The molecule has 1 amide bonds. The highest BCUT2D eigenvalue weighted by Crippen LogP contribution is 2.26. The molecule has 0 saturated carbocycles. The van der Waals surface area contributed by atoms with Gasteiger partial charge in [0.15, 0.2) is 0 Å². The summed E-state index contributed by atoms with van der Waals surface area (Å²) in [6.45, 7) is 0. The number of rotatable bonds is 5. The molecule has 0 bridgehead atoms. The number of nitrogens with two attached hydrogens (primary N) is 1. The maximum Gasteiger partial charge on any atom is 0.337 e. The van der Waals surface area contributed by atoms with Crippen LogP contribution in [0.2, 0.25) is 0 Å². The molecule has 1 heterocycles. The molecule has 0 unspecified atom stereocenters. The van der Waals surface area contributed by atoms with Crippen molar-refractivity contribution < 1.29 is 24.2 Å². The highest BCUT2D eigenvalue weighted by atomic mass is 16.5. The van der Waals surface area contributed by atoms with Gasteiger partial charge in [-0.15, -0.1) is 0 Å². The molecule has 0 fully saturated rings. The number of nitrogens with zero attached hydrogens (tertiary/aromatic N) is 1. The number of carboxylic acids is 1. The van der Waals surface area contributed by atoms with Crippen LogP contribution in [0.5, 0.6) is 17.4 Å². The first kappa shape index (κ1) is 14.3. The topological polar surface area (TPSA) is 112 Å². The van der Waals surface area contributed by atoms with Crippen molar-refractivity contribution in [2.24, 2.45) is 5.73 Å². The molecular weight excluding hydrogens is 276 g/mol. The number of amides is 1. The number of aromatic carboxylic acids is 1. The van der Waals surface area contributed by atoms with Crippen LogP contribution < -0.4 is 15.2 Å². The van der Waals surface area contributed by atoms with Gasteiger partial charge in [-0.3, -0.25) is 4.79 Å². The fourth-order valence-corrected chi connectivity index (χ4v) is 1.58. The predicted molar refractivity (Wildman–Crippen MR) is 72.8 cm³/mol. The lowest BCUT2D eigenvalue weighted by molar-refractivity contribution is 0.0696. The zero-order valence-corrected chi connectivity index (χ0v) is 11.1. The first-order valence-electron chi connectivity index (χ1n) is 5.85. The summed E-state index contributed by atoms with van der Waals surface area (Å²) >= 11 is 0. The third kappa shape index (κ3) is 3.47. The van der Waals surface area contributed by atoms with E-state index in [0.717, 1.165) is 0 Å². The molecule has 0 aliphatic rings. The highest BCUT2D eigenvalue weighted by molar-refractivity contribution is 5.93. The SMILES string of the molecule is COc1cc(Oc2ccc(C(=O)O)cn2)cc(C(N)=O)c1. The summed E-state index contributed by atoms with van der Waals surface area (Å²) in [5.41, 5.74) is 5.50. The number of hydrogen-bond acceptors (Lipinski definition) is 5. The van der Waals surface area contributed by atoms with E-state index in [1.165, 1.54) is 37.6 Å². The molecule has 21 heavy (non-hydrogen) atoms. The molecule has 2 rings (SSSR count). The number of hydrogen-bond donors (Lipinski definition) is 2. The van der Waals surface area contributed by atoms with Crippen molar-refractivity contribution in [3.8, 4) is 17.4 Å². The standard InChI is InChI=1S/C14H12N2O5/c1-20-10-4-9(13(15)17)5-11(6-10)21-12-3-2-8(7-16-12)14(18)19/h2-7H,1H3,(H2,15,17)(H,18,19). The fraction of sp³-hybridized carbons (Fsp3) is 0.0714. The van der Waals surface area contributed by atoms with Gasteiger partial charge in [0.05, 0.1) is 12.7 Å². The molecule has 7 heteroatoms. The summed E-state index contributed by atoms with van der Waals surface area (Å²) < 4.78 is 10.5. The molecule has 108 valence electrons. The van der Waals surface area contributed by atoms with Crippen LogP contribution in [0.1, 0.15) is 20.7 Å². The molecule has 0 saturated heterocycles. The highest BCUT2D eigenvalue weighted by Gasteiger charge is 2.09. The van der Waals surface area contributed by atoms with Gasteiger partial charge in [0.2, 0.25) is 11.8 Å². The van der Waals surface area contributed by atoms with Gasteiger partial charge >= 0.3 is 5.97 Å². The van der Waals surface area contributed by atoms with Crippen LogP contribution in [-0.2, 0) is 0 Å². The maximum absolute atomic E-state index is 11.2. The van der Waals surface area contributed by atoms with E-state index < -0.39 is 11.9 Å². The molecule has 0 spiro atoms. The van der Waals surface area contributed by atoms with Gasteiger partial charge in [-0.05, 0) is 18.2 Å². The van der Waals surface area contributed by atoms with Gasteiger partial charge in [0, 0.05) is 23.9 Å². The lowest BCUT2D eigenvalue weighted by Crippen LogP contribution is -2.11. The Morgan fingerprint density at radius 3 is 2.38 bits per heavy atom. The summed E-state index contributed by atoms with van der Waals surface area (Å²) in [5, 5.41) is 8.78. The Morgan fingerprint density at radius 1 is 1.14 bits per heavy atom. The van der Waals surface area contributed by atoms with Crippen molar-refractivity contribution in [3.05, 3.63) is 47.7 Å². The largest absolute Gasteiger partial charge is 0.497 e. The summed E-state index contributed by atoms with van der Waals surface area (Å²) in [4.78, 5) is 25.8. The van der Waals surface area contributed by atoms with Crippen LogP contribution >= 0.6 is 0 Å². The Hall–Kier alpha value is -3.09. The van der Waals surface area contributed by atoms with Crippen molar-refractivity contribution in [2.75, 3.05) is 7.11 Å². The van der Waals surface area contributed by atoms with Crippen molar-refractivity contribution >= 4 is 11.9 Å². The quantitative estimate of drug-likeness (QED) is 0.865. The third-order valence-corrected chi connectivity index (χ3v) is 2.61. The van der Waals surface area contributed by atoms with E-state index in [2.05, 4.69) is 4.98 Å². The number of primary amides is 1. The first-order valence-corrected chi connectivity index (χ1v) is 5.85. The summed E-state index contributed by atoms with van der Waals surface area (Å²) in [6.07, 6.45) is 1.17. The van der Waals surface area contributed by atoms with E-state index in [0.29, 0.717) is 11.5 Å². The van der Waals surface area contributed by atoms with Crippen molar-refractivity contribution in [2.45, 2.75) is 0 Å². The maximum atomic E-state index is 11.2. The van der Waals surface area contributed by atoms with Crippen LogP contribution in [-0.4, -0.2) is 29.1 Å². The minimum absolute atomic E-state index is 0.0471. The predicted octanol–water partition coefficient (Wildman–Crippen LogP) is 1.68. The second kappa shape index (κ2) is 5.91. The number of carboxylic acid groups (broad SMARTS) is 1. The molecule has 1 aromatic carbocycles. The molecule has 0 atom stereocenters. The van der Waals surface area contributed by atoms with Crippen LogP contribution in [0.15, 0.2) is 36.5 Å². The van der Waals surface area contributed by atoms with Crippen molar-refractivity contribution in [1.29, 1.82) is 0 Å². The summed E-state index contributed by atoms with van der Waals surface area (Å²) in [5.74, 6) is -0.801. The number of carbonyl (C=O) groups excluding carboxylic acids is 1. The van der Waals surface area contributed by atoms with Crippen LogP contribution in [0.4, 0.5) is 0 Å². The molecule has 3 N–H and O–H groups in total.